The molecular weight excluding hydrogens is 388 g/mol. The fraction of sp³-hybridized carbons (Fsp3) is 0.455. The number of hydrogen-bond donors (Lipinski definition) is 1. The van der Waals surface area contributed by atoms with Gasteiger partial charge in [0.05, 0.1) is 6.04 Å². The second-order valence-electron chi connectivity index (χ2n) is 8.13. The average Bonchev–Trinajstić information content (AvgIpc) is 3.41. The number of urea groups is 1. The highest BCUT2D eigenvalue weighted by atomic mass is 35.5. The van der Waals surface area contributed by atoms with E-state index in [0.717, 1.165) is 30.6 Å². The zero-order valence-electron chi connectivity index (χ0n) is 16.8. The maximum atomic E-state index is 13.4. The Morgan fingerprint density at radius 1 is 1.17 bits per heavy atom. The van der Waals surface area contributed by atoms with Crippen LogP contribution in [0.4, 0.5) is 4.79 Å². The first-order valence-electron chi connectivity index (χ1n) is 10.2. The first-order valence-corrected chi connectivity index (χ1v) is 10.6. The fourth-order valence-corrected chi connectivity index (χ4v) is 4.09. The first kappa shape index (κ1) is 19.8. The molecule has 1 N–H and O–H groups in total. The Bertz CT molecular complexity index is 888. The van der Waals surface area contributed by atoms with Crippen molar-refractivity contribution in [1.82, 2.24) is 19.7 Å². The molecule has 0 saturated heterocycles. The molecule has 1 aromatic carbocycles. The summed E-state index contributed by atoms with van der Waals surface area (Å²) in [5.74, 6) is -0.0248. The lowest BCUT2D eigenvalue weighted by Gasteiger charge is -2.38. The number of benzene rings is 1. The predicted molar refractivity (Wildman–Crippen MR) is 113 cm³/mol. The molecule has 154 valence electrons. The quantitative estimate of drug-likeness (QED) is 0.811. The summed E-state index contributed by atoms with van der Waals surface area (Å²) in [5.41, 5.74) is 2.10. The monoisotopic (exact) mass is 414 g/mol. The van der Waals surface area contributed by atoms with E-state index in [-0.39, 0.29) is 36.6 Å². The number of aromatic nitrogens is 1. The topological polar surface area (TPSA) is 57.6 Å². The molecular formula is C22H27ClN4O2. The number of carbonyl (C=O) groups excluding carboxylic acids is 2. The highest BCUT2D eigenvalue weighted by molar-refractivity contribution is 6.30. The van der Waals surface area contributed by atoms with Gasteiger partial charge in [0, 0.05) is 42.1 Å². The summed E-state index contributed by atoms with van der Waals surface area (Å²) < 4.78 is 2.19. The van der Waals surface area contributed by atoms with E-state index in [4.69, 9.17) is 11.6 Å². The van der Waals surface area contributed by atoms with Crippen molar-refractivity contribution in [3.8, 4) is 0 Å². The number of carbonyl (C=O) groups is 2. The Morgan fingerprint density at radius 3 is 2.55 bits per heavy atom. The van der Waals surface area contributed by atoms with Crippen molar-refractivity contribution in [2.24, 2.45) is 0 Å². The van der Waals surface area contributed by atoms with Crippen LogP contribution in [0.1, 0.15) is 44.0 Å². The number of hydrogen-bond acceptors (Lipinski definition) is 2. The Kier molecular flexibility index (Phi) is 5.54. The van der Waals surface area contributed by atoms with Gasteiger partial charge < -0.3 is 19.7 Å². The van der Waals surface area contributed by atoms with Gasteiger partial charge in [-0.3, -0.25) is 4.79 Å². The molecule has 0 radical (unpaired) electrons. The summed E-state index contributed by atoms with van der Waals surface area (Å²) in [7, 11) is 0. The predicted octanol–water partition coefficient (Wildman–Crippen LogP) is 3.66. The molecule has 1 aromatic heterocycles. The van der Waals surface area contributed by atoms with E-state index >= 15 is 0 Å². The Morgan fingerprint density at radius 2 is 1.90 bits per heavy atom. The second-order valence-corrected chi connectivity index (χ2v) is 8.57. The second kappa shape index (κ2) is 8.11. The maximum Gasteiger partial charge on any atom is 0.318 e. The van der Waals surface area contributed by atoms with Crippen LogP contribution in [0.5, 0.6) is 0 Å². The van der Waals surface area contributed by atoms with Crippen molar-refractivity contribution in [1.29, 1.82) is 0 Å². The molecule has 1 atom stereocenters. The number of nitrogens with zero attached hydrogens (tertiary/aromatic N) is 3. The van der Waals surface area contributed by atoms with Crippen LogP contribution in [-0.2, 0) is 11.3 Å². The molecule has 1 aliphatic carbocycles. The fourth-order valence-electron chi connectivity index (χ4n) is 3.97. The van der Waals surface area contributed by atoms with Crippen LogP contribution in [0, 0.1) is 0 Å². The van der Waals surface area contributed by atoms with Gasteiger partial charge in [-0.1, -0.05) is 23.7 Å². The molecule has 1 aliphatic heterocycles. The van der Waals surface area contributed by atoms with Crippen LogP contribution in [-0.4, -0.2) is 51.5 Å². The Balaban J connectivity index is 1.59. The van der Waals surface area contributed by atoms with Gasteiger partial charge in [0.15, 0.2) is 0 Å². The Hall–Kier alpha value is -2.47. The van der Waals surface area contributed by atoms with Crippen LogP contribution in [0.2, 0.25) is 5.02 Å². The van der Waals surface area contributed by atoms with Gasteiger partial charge in [-0.2, -0.15) is 0 Å². The highest BCUT2D eigenvalue weighted by Crippen LogP contribution is 2.34. The molecule has 4 rings (SSSR count). The zero-order chi connectivity index (χ0) is 20.5. The van der Waals surface area contributed by atoms with Crippen molar-refractivity contribution in [2.75, 3.05) is 13.1 Å². The van der Waals surface area contributed by atoms with E-state index in [2.05, 4.69) is 16.0 Å². The lowest BCUT2D eigenvalue weighted by atomic mass is 10.00. The molecule has 3 amide bonds. The first-order chi connectivity index (χ1) is 13.9. The number of fused-ring (bicyclic) bond motifs is 1. The lowest BCUT2D eigenvalue weighted by Crippen LogP contribution is -2.51. The molecule has 1 unspecified atom stereocenters. The summed E-state index contributed by atoms with van der Waals surface area (Å²) >= 11 is 6.08. The number of halogens is 1. The molecule has 7 heteroatoms. The van der Waals surface area contributed by atoms with Gasteiger partial charge in [0.2, 0.25) is 5.91 Å². The maximum absolute atomic E-state index is 13.4. The molecule has 0 spiro atoms. The lowest BCUT2D eigenvalue weighted by molar-refractivity contribution is -0.134. The minimum Gasteiger partial charge on any atom is -0.348 e. The van der Waals surface area contributed by atoms with Gasteiger partial charge in [0.25, 0.3) is 0 Å². The van der Waals surface area contributed by atoms with Crippen molar-refractivity contribution in [3.63, 3.8) is 0 Å². The van der Waals surface area contributed by atoms with Gasteiger partial charge in [-0.05, 0) is 56.5 Å². The molecule has 1 saturated carbocycles. The van der Waals surface area contributed by atoms with Crippen LogP contribution in [0.15, 0.2) is 42.6 Å². The van der Waals surface area contributed by atoms with E-state index < -0.39 is 0 Å². The molecule has 6 nitrogen and oxygen atoms in total. The van der Waals surface area contributed by atoms with Crippen LogP contribution in [0.25, 0.3) is 0 Å². The molecule has 0 bridgehead atoms. The molecule has 2 heterocycles. The third kappa shape index (κ3) is 4.27. The minimum absolute atomic E-state index is 0.0248. The van der Waals surface area contributed by atoms with E-state index in [1.807, 2.05) is 55.3 Å². The van der Waals surface area contributed by atoms with Crippen LogP contribution >= 0.6 is 11.6 Å². The van der Waals surface area contributed by atoms with Crippen LogP contribution < -0.4 is 5.32 Å². The summed E-state index contributed by atoms with van der Waals surface area (Å²) in [4.78, 5) is 29.6. The summed E-state index contributed by atoms with van der Waals surface area (Å²) in [6, 6.07) is 11.6. The van der Waals surface area contributed by atoms with Crippen molar-refractivity contribution in [3.05, 3.63) is 58.9 Å². The zero-order valence-corrected chi connectivity index (χ0v) is 17.6. The van der Waals surface area contributed by atoms with E-state index in [9.17, 15) is 9.59 Å². The van der Waals surface area contributed by atoms with E-state index in [1.54, 1.807) is 4.90 Å². The summed E-state index contributed by atoms with van der Waals surface area (Å²) in [5, 5.41) is 3.60. The highest BCUT2D eigenvalue weighted by Gasteiger charge is 2.38. The number of rotatable bonds is 5. The van der Waals surface area contributed by atoms with Gasteiger partial charge in [-0.15, -0.1) is 0 Å². The third-order valence-electron chi connectivity index (χ3n) is 5.51. The minimum atomic E-state index is -0.183. The third-order valence-corrected chi connectivity index (χ3v) is 5.76. The van der Waals surface area contributed by atoms with Crippen LogP contribution in [0.3, 0.4) is 0 Å². The summed E-state index contributed by atoms with van der Waals surface area (Å²) in [6.07, 6.45) is 3.97. The van der Waals surface area contributed by atoms with Crippen molar-refractivity contribution >= 4 is 23.5 Å². The van der Waals surface area contributed by atoms with E-state index in [0.29, 0.717) is 11.6 Å². The summed E-state index contributed by atoms with van der Waals surface area (Å²) in [6.45, 7) is 5.33. The SMILES string of the molecule is CC(C)NC(=O)N(CC(=O)N1CCn2cccc2C1c1ccc(Cl)cc1)C1CC1. The molecule has 2 aromatic rings. The van der Waals surface area contributed by atoms with Crippen molar-refractivity contribution < 1.29 is 9.59 Å². The number of nitrogens with one attached hydrogen (secondary N) is 1. The molecule has 29 heavy (non-hydrogen) atoms. The average molecular weight is 415 g/mol. The van der Waals surface area contributed by atoms with E-state index in [1.165, 1.54) is 0 Å². The Labute approximate surface area is 176 Å². The number of amides is 3. The normalized spacial score (nSPS) is 18.5. The van der Waals surface area contributed by atoms with Gasteiger partial charge in [0.1, 0.15) is 6.54 Å². The van der Waals surface area contributed by atoms with Gasteiger partial charge >= 0.3 is 6.03 Å². The standard InChI is InChI=1S/C22H27ClN4O2/c1-15(2)24-22(29)27(18-9-10-18)14-20(28)26-13-12-25-11-3-4-19(25)21(26)16-5-7-17(23)8-6-16/h3-8,11,15,18,21H,9-10,12-14H2,1-2H3,(H,24,29). The molecule has 2 aliphatic rings. The largest absolute Gasteiger partial charge is 0.348 e. The van der Waals surface area contributed by atoms with Gasteiger partial charge in [-0.25, -0.2) is 4.79 Å². The van der Waals surface area contributed by atoms with Crippen molar-refractivity contribution in [2.45, 2.75) is 51.4 Å². The molecule has 1 fully saturated rings. The smallest absolute Gasteiger partial charge is 0.318 e.